The van der Waals surface area contributed by atoms with Gasteiger partial charge in [-0.1, -0.05) is 60.7 Å². The summed E-state index contributed by atoms with van der Waals surface area (Å²) in [6.07, 6.45) is -1.65. The Kier molecular flexibility index (Phi) is 7.84. The van der Waals surface area contributed by atoms with Crippen LogP contribution in [-0.2, 0) is 20.9 Å². The molecule has 8 nitrogen and oxygen atoms in total. The van der Waals surface area contributed by atoms with Crippen LogP contribution in [-0.4, -0.2) is 58.6 Å². The van der Waals surface area contributed by atoms with Gasteiger partial charge in [0.1, 0.15) is 12.3 Å². The van der Waals surface area contributed by atoms with Crippen molar-refractivity contribution in [2.24, 2.45) is 5.92 Å². The van der Waals surface area contributed by atoms with Crippen molar-refractivity contribution in [3.05, 3.63) is 71.8 Å². The molecule has 172 valence electrons. The molecule has 0 aromatic heterocycles. The number of ether oxygens (including phenoxy) is 2. The molecule has 32 heavy (non-hydrogen) atoms. The van der Waals surface area contributed by atoms with Gasteiger partial charge in [-0.05, 0) is 25.0 Å². The van der Waals surface area contributed by atoms with Crippen molar-refractivity contribution in [3.8, 4) is 0 Å². The standard InChI is InChI=1S/C16H22N2O3.C8H8O3/c1-16(2)17-14-9-18(8-13(14)11-21-16)15(19)20-10-12-6-4-3-5-7-12;9-7(8(10)11)6-4-2-1-3-5-6/h3-7,13-14,17H,8-11H2,1-2H3;1-5,7,9H,(H,10,11)/t13-,14-;7-/m00/s1. The van der Waals surface area contributed by atoms with Crippen molar-refractivity contribution in [1.82, 2.24) is 10.2 Å². The summed E-state index contributed by atoms with van der Waals surface area (Å²) in [5.74, 6) is -0.876. The normalized spacial score (nSPS) is 22.2. The summed E-state index contributed by atoms with van der Waals surface area (Å²) in [5, 5.41) is 20.8. The number of carbonyl (C=O) groups excluding carboxylic acids is 1. The fourth-order valence-electron chi connectivity index (χ4n) is 3.74. The monoisotopic (exact) mass is 442 g/mol. The van der Waals surface area contributed by atoms with Gasteiger partial charge in [0.2, 0.25) is 0 Å². The summed E-state index contributed by atoms with van der Waals surface area (Å²) in [7, 11) is 0. The van der Waals surface area contributed by atoms with Crippen molar-refractivity contribution in [2.75, 3.05) is 19.7 Å². The van der Waals surface area contributed by atoms with E-state index in [0.717, 1.165) is 5.56 Å². The van der Waals surface area contributed by atoms with E-state index in [9.17, 15) is 9.59 Å². The number of benzene rings is 2. The van der Waals surface area contributed by atoms with Crippen molar-refractivity contribution in [2.45, 2.75) is 38.3 Å². The van der Waals surface area contributed by atoms with Crippen LogP contribution in [0.3, 0.4) is 0 Å². The minimum atomic E-state index is -1.41. The topological polar surface area (TPSA) is 108 Å². The lowest BCUT2D eigenvalue weighted by Crippen LogP contribution is -2.56. The molecule has 0 bridgehead atoms. The Balaban J connectivity index is 0.000000222. The lowest BCUT2D eigenvalue weighted by molar-refractivity contribution is -0.146. The number of carboxylic acid groups (broad SMARTS) is 1. The largest absolute Gasteiger partial charge is 0.479 e. The fraction of sp³-hybridized carbons (Fsp3) is 0.417. The van der Waals surface area contributed by atoms with Gasteiger partial charge in [0.25, 0.3) is 0 Å². The molecule has 3 atom stereocenters. The van der Waals surface area contributed by atoms with Gasteiger partial charge < -0.3 is 24.6 Å². The smallest absolute Gasteiger partial charge is 0.410 e. The molecule has 0 radical (unpaired) electrons. The van der Waals surface area contributed by atoms with Crippen molar-refractivity contribution in [3.63, 3.8) is 0 Å². The predicted octanol–water partition coefficient (Wildman–Crippen LogP) is 2.78. The van der Waals surface area contributed by atoms with E-state index >= 15 is 0 Å². The van der Waals surface area contributed by atoms with Crippen LogP contribution < -0.4 is 5.32 Å². The maximum absolute atomic E-state index is 12.2. The maximum atomic E-state index is 12.2. The number of hydrogen-bond donors (Lipinski definition) is 3. The third-order valence-corrected chi connectivity index (χ3v) is 5.44. The number of aliphatic hydroxyl groups excluding tert-OH is 1. The quantitative estimate of drug-likeness (QED) is 0.668. The second kappa shape index (κ2) is 10.6. The van der Waals surface area contributed by atoms with Crippen LogP contribution in [0.15, 0.2) is 60.7 Å². The lowest BCUT2D eigenvalue weighted by Gasteiger charge is -2.38. The van der Waals surface area contributed by atoms with Crippen LogP contribution in [0.5, 0.6) is 0 Å². The second-order valence-electron chi connectivity index (χ2n) is 8.43. The van der Waals surface area contributed by atoms with Crippen LogP contribution in [0, 0.1) is 5.92 Å². The summed E-state index contributed by atoms with van der Waals surface area (Å²) in [5.41, 5.74) is 1.09. The van der Waals surface area contributed by atoms with Gasteiger partial charge >= 0.3 is 12.1 Å². The van der Waals surface area contributed by atoms with Crippen molar-refractivity contribution in [1.29, 1.82) is 0 Å². The molecule has 1 amide bonds. The number of aliphatic hydroxyl groups is 1. The van der Waals surface area contributed by atoms with Gasteiger partial charge in [-0.3, -0.25) is 5.32 Å². The maximum Gasteiger partial charge on any atom is 0.410 e. The number of carboxylic acids is 1. The Morgan fingerprint density at radius 3 is 2.38 bits per heavy atom. The molecule has 8 heteroatoms. The van der Waals surface area contributed by atoms with E-state index < -0.39 is 12.1 Å². The van der Waals surface area contributed by atoms with Crippen LogP contribution in [0.25, 0.3) is 0 Å². The highest BCUT2D eigenvalue weighted by Crippen LogP contribution is 2.26. The molecule has 0 spiro atoms. The predicted molar refractivity (Wildman–Crippen MR) is 118 cm³/mol. The third kappa shape index (κ3) is 6.53. The highest BCUT2D eigenvalue weighted by Gasteiger charge is 2.42. The Morgan fingerprint density at radius 2 is 1.75 bits per heavy atom. The van der Waals surface area contributed by atoms with E-state index in [4.69, 9.17) is 19.7 Å². The van der Waals surface area contributed by atoms with Gasteiger partial charge in [0, 0.05) is 25.0 Å². The van der Waals surface area contributed by atoms with Crippen LogP contribution in [0.4, 0.5) is 4.79 Å². The van der Waals surface area contributed by atoms with E-state index in [1.807, 2.05) is 44.2 Å². The zero-order valence-corrected chi connectivity index (χ0v) is 18.3. The lowest BCUT2D eigenvalue weighted by atomic mass is 10.0. The molecular formula is C24H30N2O6. The number of rotatable bonds is 4. The van der Waals surface area contributed by atoms with E-state index in [2.05, 4.69) is 5.32 Å². The number of carbonyl (C=O) groups is 2. The van der Waals surface area contributed by atoms with Crippen LogP contribution in [0.2, 0.25) is 0 Å². The number of aliphatic carboxylic acids is 1. The zero-order chi connectivity index (χ0) is 23.1. The number of likely N-dealkylation sites (tertiary alicyclic amines) is 1. The Bertz CT molecular complexity index is 890. The summed E-state index contributed by atoms with van der Waals surface area (Å²) in [4.78, 5) is 24.2. The molecule has 2 fully saturated rings. The highest BCUT2D eigenvalue weighted by atomic mass is 16.6. The molecule has 0 saturated carbocycles. The van der Waals surface area contributed by atoms with Crippen molar-refractivity contribution < 1.29 is 29.3 Å². The molecule has 2 aliphatic heterocycles. The summed E-state index contributed by atoms with van der Waals surface area (Å²) in [6.45, 7) is 6.42. The van der Waals surface area contributed by atoms with Gasteiger partial charge in [-0.2, -0.15) is 0 Å². The molecule has 0 aliphatic carbocycles. The number of hydrogen-bond acceptors (Lipinski definition) is 6. The first-order chi connectivity index (χ1) is 15.2. The van der Waals surface area contributed by atoms with E-state index in [-0.39, 0.29) is 17.9 Å². The zero-order valence-electron chi connectivity index (χ0n) is 18.3. The summed E-state index contributed by atoms with van der Waals surface area (Å²) >= 11 is 0. The Morgan fingerprint density at radius 1 is 1.12 bits per heavy atom. The molecule has 2 aliphatic rings. The molecule has 4 rings (SSSR count). The first kappa shape index (κ1) is 23.7. The minimum Gasteiger partial charge on any atom is -0.479 e. The van der Waals surface area contributed by atoms with E-state index in [1.165, 1.54) is 0 Å². The molecule has 2 aromatic rings. The van der Waals surface area contributed by atoms with Crippen molar-refractivity contribution >= 4 is 12.1 Å². The highest BCUT2D eigenvalue weighted by molar-refractivity contribution is 5.73. The average Bonchev–Trinajstić information content (AvgIpc) is 3.21. The number of amides is 1. The first-order valence-electron chi connectivity index (χ1n) is 10.6. The molecule has 2 heterocycles. The van der Waals surface area contributed by atoms with Gasteiger partial charge in [-0.15, -0.1) is 0 Å². The summed E-state index contributed by atoms with van der Waals surface area (Å²) in [6, 6.07) is 18.3. The summed E-state index contributed by atoms with van der Waals surface area (Å²) < 4.78 is 11.1. The van der Waals surface area contributed by atoms with E-state index in [1.54, 1.807) is 35.2 Å². The Labute approximate surface area is 187 Å². The fourth-order valence-corrected chi connectivity index (χ4v) is 3.74. The number of fused-ring (bicyclic) bond motifs is 1. The molecule has 2 saturated heterocycles. The third-order valence-electron chi connectivity index (χ3n) is 5.44. The van der Waals surface area contributed by atoms with Gasteiger partial charge in [0.05, 0.1) is 6.61 Å². The molecule has 2 aromatic carbocycles. The molecule has 0 unspecified atom stereocenters. The number of nitrogens with zero attached hydrogens (tertiary/aromatic N) is 1. The van der Waals surface area contributed by atoms with E-state index in [0.29, 0.717) is 37.8 Å². The molecular weight excluding hydrogens is 412 g/mol. The minimum absolute atomic E-state index is 0.243. The SMILES string of the molecule is CC1(C)N[C@H]2CN(C(=O)OCc3ccccc3)C[C@H]2CO1.O=C(O)[C@@H](O)c1ccccc1. The Hall–Kier alpha value is -2.94. The van der Waals surface area contributed by atoms with Gasteiger partial charge in [0.15, 0.2) is 6.10 Å². The second-order valence-corrected chi connectivity index (χ2v) is 8.43. The first-order valence-corrected chi connectivity index (χ1v) is 10.6. The number of nitrogens with one attached hydrogen (secondary N) is 1. The average molecular weight is 443 g/mol. The van der Waals surface area contributed by atoms with Crippen LogP contribution in [0.1, 0.15) is 31.1 Å². The molecule has 3 N–H and O–H groups in total. The van der Waals surface area contributed by atoms with Crippen LogP contribution >= 0.6 is 0 Å². The van der Waals surface area contributed by atoms with Gasteiger partial charge in [-0.25, -0.2) is 9.59 Å².